The van der Waals surface area contributed by atoms with E-state index < -0.39 is 24.4 Å². The number of nitrogens with one attached hydrogen (secondary N) is 2. The van der Waals surface area contributed by atoms with Gasteiger partial charge < -0.3 is 15.4 Å². The topological polar surface area (TPSA) is 84.5 Å². The van der Waals surface area contributed by atoms with Gasteiger partial charge in [0.05, 0.1) is 5.02 Å². The summed E-state index contributed by atoms with van der Waals surface area (Å²) >= 11 is 7.51. The van der Waals surface area contributed by atoms with Crippen molar-refractivity contribution < 1.29 is 19.1 Å². The molecule has 1 heterocycles. The Morgan fingerprint density at radius 2 is 1.68 bits per heavy atom. The van der Waals surface area contributed by atoms with Crippen molar-refractivity contribution in [2.24, 2.45) is 0 Å². The molecule has 1 aromatic heterocycles. The first-order valence-electron chi connectivity index (χ1n) is 9.41. The third kappa shape index (κ3) is 4.84. The van der Waals surface area contributed by atoms with Gasteiger partial charge in [0.1, 0.15) is 11.4 Å². The van der Waals surface area contributed by atoms with Crippen molar-refractivity contribution in [3.05, 3.63) is 76.6 Å². The Balaban J connectivity index is 1.27. The SMILES string of the molecule is O=C(COC(=O)CNC(=O)c1sc2ccccc2c1Cl)Nc1ccc2ccccc2c1. The van der Waals surface area contributed by atoms with Crippen molar-refractivity contribution in [2.45, 2.75) is 0 Å². The zero-order valence-electron chi connectivity index (χ0n) is 16.2. The zero-order chi connectivity index (χ0) is 21.8. The molecule has 2 N–H and O–H groups in total. The number of carbonyl (C=O) groups is 3. The van der Waals surface area contributed by atoms with Gasteiger partial charge in [0.2, 0.25) is 0 Å². The molecule has 0 saturated heterocycles. The highest BCUT2D eigenvalue weighted by Crippen LogP contribution is 2.34. The van der Waals surface area contributed by atoms with E-state index in [0.29, 0.717) is 15.6 Å². The van der Waals surface area contributed by atoms with Crippen LogP contribution in [0.5, 0.6) is 0 Å². The number of anilines is 1. The zero-order valence-corrected chi connectivity index (χ0v) is 17.8. The first-order valence-corrected chi connectivity index (χ1v) is 10.6. The van der Waals surface area contributed by atoms with Crippen LogP contribution in [0.3, 0.4) is 0 Å². The first-order chi connectivity index (χ1) is 15.0. The molecule has 0 radical (unpaired) electrons. The summed E-state index contributed by atoms with van der Waals surface area (Å²) in [5.74, 6) is -1.66. The molecule has 0 aliphatic rings. The molecule has 31 heavy (non-hydrogen) atoms. The van der Waals surface area contributed by atoms with Gasteiger partial charge in [-0.25, -0.2) is 0 Å². The lowest BCUT2D eigenvalue weighted by Gasteiger charge is -2.08. The van der Waals surface area contributed by atoms with E-state index in [2.05, 4.69) is 10.6 Å². The fraction of sp³-hybridized carbons (Fsp3) is 0.0870. The number of ether oxygens (including phenoxy) is 1. The number of hydrogen-bond donors (Lipinski definition) is 2. The Kier molecular flexibility index (Phi) is 6.16. The van der Waals surface area contributed by atoms with E-state index >= 15 is 0 Å². The number of halogens is 1. The number of amides is 2. The molecule has 4 aromatic rings. The molecule has 0 unspecified atom stereocenters. The fourth-order valence-electron chi connectivity index (χ4n) is 3.05. The molecule has 8 heteroatoms. The van der Waals surface area contributed by atoms with Gasteiger partial charge in [-0.3, -0.25) is 14.4 Å². The number of fused-ring (bicyclic) bond motifs is 2. The largest absolute Gasteiger partial charge is 0.454 e. The maximum Gasteiger partial charge on any atom is 0.325 e. The van der Waals surface area contributed by atoms with Crippen molar-refractivity contribution >= 4 is 67.3 Å². The minimum atomic E-state index is -0.723. The second-order valence-corrected chi connectivity index (χ2v) is 8.12. The average Bonchev–Trinajstić information content (AvgIpc) is 3.13. The summed E-state index contributed by atoms with van der Waals surface area (Å²) in [7, 11) is 0. The molecule has 0 spiro atoms. The third-order valence-electron chi connectivity index (χ3n) is 4.53. The molecule has 0 saturated carbocycles. The number of hydrogen-bond acceptors (Lipinski definition) is 5. The van der Waals surface area contributed by atoms with Gasteiger partial charge >= 0.3 is 5.97 Å². The van der Waals surface area contributed by atoms with E-state index in [1.807, 2.05) is 60.7 Å². The third-order valence-corrected chi connectivity index (χ3v) is 6.21. The van der Waals surface area contributed by atoms with Gasteiger partial charge in [-0.05, 0) is 29.0 Å². The van der Waals surface area contributed by atoms with E-state index in [1.165, 1.54) is 11.3 Å². The maximum atomic E-state index is 12.4. The second-order valence-electron chi connectivity index (χ2n) is 6.69. The molecule has 3 aromatic carbocycles. The van der Waals surface area contributed by atoms with E-state index in [4.69, 9.17) is 16.3 Å². The summed E-state index contributed by atoms with van der Waals surface area (Å²) < 4.78 is 5.82. The van der Waals surface area contributed by atoms with Crippen LogP contribution < -0.4 is 10.6 Å². The minimum Gasteiger partial charge on any atom is -0.454 e. The molecule has 156 valence electrons. The van der Waals surface area contributed by atoms with Crippen LogP contribution in [0.25, 0.3) is 20.9 Å². The van der Waals surface area contributed by atoms with E-state index in [-0.39, 0.29) is 6.54 Å². The van der Waals surface area contributed by atoms with Crippen LogP contribution >= 0.6 is 22.9 Å². The van der Waals surface area contributed by atoms with Crippen molar-refractivity contribution in [2.75, 3.05) is 18.5 Å². The van der Waals surface area contributed by atoms with Gasteiger partial charge in [-0.2, -0.15) is 0 Å². The number of benzene rings is 3. The van der Waals surface area contributed by atoms with E-state index in [9.17, 15) is 14.4 Å². The molecule has 0 fully saturated rings. The second kappa shape index (κ2) is 9.16. The smallest absolute Gasteiger partial charge is 0.325 e. The molecule has 2 amide bonds. The van der Waals surface area contributed by atoms with Gasteiger partial charge in [-0.15, -0.1) is 11.3 Å². The van der Waals surface area contributed by atoms with Gasteiger partial charge in [-0.1, -0.05) is 60.1 Å². The Labute approximate surface area is 186 Å². The lowest BCUT2D eigenvalue weighted by molar-refractivity contribution is -0.146. The minimum absolute atomic E-state index is 0.324. The molecule has 4 rings (SSSR count). The normalized spacial score (nSPS) is 10.7. The summed E-state index contributed by atoms with van der Waals surface area (Å²) in [6, 6.07) is 20.7. The van der Waals surface area contributed by atoms with Crippen LogP contribution in [0.15, 0.2) is 66.7 Å². The highest BCUT2D eigenvalue weighted by Gasteiger charge is 2.18. The highest BCUT2D eigenvalue weighted by atomic mass is 35.5. The highest BCUT2D eigenvalue weighted by molar-refractivity contribution is 7.21. The van der Waals surface area contributed by atoms with Crippen molar-refractivity contribution in [1.82, 2.24) is 5.32 Å². The Morgan fingerprint density at radius 1 is 0.935 bits per heavy atom. The summed E-state index contributed by atoms with van der Waals surface area (Å²) in [6.07, 6.45) is 0. The number of carbonyl (C=O) groups excluding carboxylic acids is 3. The van der Waals surface area contributed by atoms with Crippen LogP contribution in [0, 0.1) is 0 Å². The number of thiophene rings is 1. The summed E-state index contributed by atoms with van der Waals surface area (Å²) in [5.41, 5.74) is 0.604. The van der Waals surface area contributed by atoms with Crippen molar-refractivity contribution in [3.63, 3.8) is 0 Å². The van der Waals surface area contributed by atoms with Crippen molar-refractivity contribution in [1.29, 1.82) is 0 Å². The molecule has 0 aliphatic heterocycles. The van der Waals surface area contributed by atoms with Gasteiger partial charge in [0, 0.05) is 15.8 Å². The van der Waals surface area contributed by atoms with Gasteiger partial charge in [0.25, 0.3) is 11.8 Å². The molecule has 6 nitrogen and oxygen atoms in total. The Morgan fingerprint density at radius 3 is 2.48 bits per heavy atom. The van der Waals surface area contributed by atoms with E-state index in [0.717, 1.165) is 20.9 Å². The lowest BCUT2D eigenvalue weighted by atomic mass is 10.1. The quantitative estimate of drug-likeness (QED) is 0.418. The molecule has 0 atom stereocenters. The van der Waals surface area contributed by atoms with Gasteiger partial charge in [0.15, 0.2) is 6.61 Å². The standard InChI is InChI=1S/C23H17ClN2O4S/c24-21-17-7-3-4-8-18(17)31-22(21)23(29)25-12-20(28)30-13-19(27)26-16-10-9-14-5-1-2-6-15(14)11-16/h1-11H,12-13H2,(H,25,29)(H,26,27). The summed E-state index contributed by atoms with van der Waals surface area (Å²) in [5, 5.41) is 8.33. The number of rotatable bonds is 6. The number of esters is 1. The van der Waals surface area contributed by atoms with Crippen LogP contribution in [0.1, 0.15) is 9.67 Å². The molecule has 0 bridgehead atoms. The van der Waals surface area contributed by atoms with Crippen molar-refractivity contribution in [3.8, 4) is 0 Å². The average molecular weight is 453 g/mol. The monoisotopic (exact) mass is 452 g/mol. The Bertz CT molecular complexity index is 1300. The Hall–Kier alpha value is -3.42. The fourth-order valence-corrected chi connectivity index (χ4v) is 4.49. The predicted molar refractivity (Wildman–Crippen MR) is 123 cm³/mol. The first kappa shape index (κ1) is 20.8. The van der Waals surface area contributed by atoms with Crippen LogP contribution in [0.2, 0.25) is 5.02 Å². The molecule has 0 aliphatic carbocycles. The van der Waals surface area contributed by atoms with Crippen LogP contribution in [-0.4, -0.2) is 30.9 Å². The van der Waals surface area contributed by atoms with Crippen LogP contribution in [0.4, 0.5) is 5.69 Å². The molecular weight excluding hydrogens is 436 g/mol. The lowest BCUT2D eigenvalue weighted by Crippen LogP contribution is -2.32. The van der Waals surface area contributed by atoms with Crippen LogP contribution in [-0.2, 0) is 14.3 Å². The molecular formula is C23H17ClN2O4S. The van der Waals surface area contributed by atoms with E-state index in [1.54, 1.807) is 6.07 Å². The summed E-state index contributed by atoms with van der Waals surface area (Å²) in [4.78, 5) is 36.7. The summed E-state index contributed by atoms with van der Waals surface area (Å²) in [6.45, 7) is -0.822. The maximum absolute atomic E-state index is 12.4. The predicted octanol–water partition coefficient (Wildman–Crippen LogP) is 4.62.